The van der Waals surface area contributed by atoms with Gasteiger partial charge in [-0.15, -0.1) is 0 Å². The van der Waals surface area contributed by atoms with Crippen molar-refractivity contribution >= 4 is 34.0 Å². The SMILES string of the molecule is COc1ccc(-n2c3cc(=NC(C)C)c(Nc4ccc(Cl)cc4)cc-3nc3ccccc32)cn1. The fraction of sp³-hybridized carbons (Fsp3) is 0.148. The molecular weight excluding hydrogens is 446 g/mol. The van der Waals surface area contributed by atoms with Gasteiger partial charge in [0.15, 0.2) is 0 Å². The van der Waals surface area contributed by atoms with Gasteiger partial charge in [0.05, 0.1) is 52.5 Å². The Bertz CT molecular complexity index is 1490. The third kappa shape index (κ3) is 4.32. The summed E-state index contributed by atoms with van der Waals surface area (Å²) >= 11 is 6.07. The van der Waals surface area contributed by atoms with Crippen LogP contribution >= 0.6 is 11.6 Å². The number of ether oxygens (including phenoxy) is 1. The summed E-state index contributed by atoms with van der Waals surface area (Å²) in [5.41, 5.74) is 6.37. The Labute approximate surface area is 202 Å². The Kier molecular flexibility index (Phi) is 5.90. The number of anilines is 2. The van der Waals surface area contributed by atoms with Gasteiger partial charge in [-0.2, -0.15) is 0 Å². The van der Waals surface area contributed by atoms with E-state index in [0.29, 0.717) is 10.9 Å². The van der Waals surface area contributed by atoms with Gasteiger partial charge in [-0.25, -0.2) is 9.97 Å². The highest BCUT2D eigenvalue weighted by molar-refractivity contribution is 6.30. The van der Waals surface area contributed by atoms with E-state index in [2.05, 4.69) is 40.8 Å². The summed E-state index contributed by atoms with van der Waals surface area (Å²) < 4.78 is 7.42. The van der Waals surface area contributed by atoms with Crippen molar-refractivity contribution in [3.05, 3.63) is 89.4 Å². The van der Waals surface area contributed by atoms with Gasteiger partial charge in [-0.1, -0.05) is 23.7 Å². The lowest BCUT2D eigenvalue weighted by molar-refractivity contribution is 0.398. The second-order valence-corrected chi connectivity index (χ2v) is 8.64. The maximum absolute atomic E-state index is 6.07. The zero-order chi connectivity index (χ0) is 23.7. The average Bonchev–Trinajstić information content (AvgIpc) is 2.84. The van der Waals surface area contributed by atoms with Gasteiger partial charge in [0, 0.05) is 22.8 Å². The van der Waals surface area contributed by atoms with Crippen molar-refractivity contribution in [2.24, 2.45) is 4.99 Å². The van der Waals surface area contributed by atoms with Crippen molar-refractivity contribution < 1.29 is 4.74 Å². The summed E-state index contributed by atoms with van der Waals surface area (Å²) in [6, 6.07) is 23.8. The van der Waals surface area contributed by atoms with Crippen molar-refractivity contribution in [1.82, 2.24) is 14.5 Å². The van der Waals surface area contributed by atoms with Crippen molar-refractivity contribution in [2.45, 2.75) is 19.9 Å². The number of rotatable bonds is 5. The minimum Gasteiger partial charge on any atom is -0.481 e. The predicted molar refractivity (Wildman–Crippen MR) is 137 cm³/mol. The lowest BCUT2D eigenvalue weighted by atomic mass is 10.1. The van der Waals surface area contributed by atoms with Crippen LogP contribution in [0.4, 0.5) is 11.4 Å². The van der Waals surface area contributed by atoms with Crippen molar-refractivity contribution in [1.29, 1.82) is 0 Å². The first-order chi connectivity index (χ1) is 16.5. The maximum Gasteiger partial charge on any atom is 0.213 e. The van der Waals surface area contributed by atoms with E-state index in [1.807, 2.05) is 66.9 Å². The van der Waals surface area contributed by atoms with Gasteiger partial charge in [-0.05, 0) is 68.4 Å². The minimum atomic E-state index is 0.118. The average molecular weight is 470 g/mol. The van der Waals surface area contributed by atoms with Gasteiger partial charge in [-0.3, -0.25) is 4.99 Å². The van der Waals surface area contributed by atoms with Crippen LogP contribution in [0.3, 0.4) is 0 Å². The number of halogens is 1. The number of hydrogen-bond donors (Lipinski definition) is 1. The number of benzene rings is 3. The number of para-hydroxylation sites is 2. The summed E-state index contributed by atoms with van der Waals surface area (Å²) in [4.78, 5) is 14.3. The van der Waals surface area contributed by atoms with Crippen molar-refractivity contribution in [3.63, 3.8) is 0 Å². The Hall–Kier alpha value is -3.90. The molecule has 0 spiro atoms. The summed E-state index contributed by atoms with van der Waals surface area (Å²) in [5, 5.41) is 5.03. The van der Waals surface area contributed by atoms with Crippen LogP contribution in [0, 0.1) is 0 Å². The first-order valence-electron chi connectivity index (χ1n) is 11.0. The second kappa shape index (κ2) is 9.15. The molecule has 0 amide bonds. The zero-order valence-corrected chi connectivity index (χ0v) is 19.9. The third-order valence-electron chi connectivity index (χ3n) is 5.41. The van der Waals surface area contributed by atoms with E-state index < -0.39 is 0 Å². The molecule has 1 aromatic heterocycles. The molecule has 1 aliphatic carbocycles. The van der Waals surface area contributed by atoms with E-state index in [1.54, 1.807) is 7.11 Å². The van der Waals surface area contributed by atoms with Crippen molar-refractivity contribution in [3.8, 4) is 23.0 Å². The first-order valence-corrected chi connectivity index (χ1v) is 11.4. The van der Waals surface area contributed by atoms with Gasteiger partial charge in [0.25, 0.3) is 0 Å². The number of fused-ring (bicyclic) bond motifs is 2. The Morgan fingerprint density at radius 3 is 2.50 bits per heavy atom. The quantitative estimate of drug-likeness (QED) is 0.309. The van der Waals surface area contributed by atoms with E-state index >= 15 is 0 Å². The van der Waals surface area contributed by atoms with Crippen LogP contribution in [0.5, 0.6) is 5.88 Å². The van der Waals surface area contributed by atoms with E-state index in [-0.39, 0.29) is 6.04 Å². The highest BCUT2D eigenvalue weighted by Crippen LogP contribution is 2.30. The van der Waals surface area contributed by atoms with Crippen LogP contribution in [-0.2, 0) is 0 Å². The van der Waals surface area contributed by atoms with Crippen molar-refractivity contribution in [2.75, 3.05) is 12.4 Å². The number of aromatic nitrogens is 3. The van der Waals surface area contributed by atoms with Gasteiger partial charge in [0.2, 0.25) is 5.88 Å². The standard InChI is InChI=1S/C27H24ClN5O/c1-17(2)30-23-15-26-24(14-22(23)31-19-10-8-18(28)9-11-19)32-21-6-4-5-7-25(21)33(26)20-12-13-27(34-3)29-16-20/h4-17,31H,1-3H3. The maximum atomic E-state index is 6.07. The topological polar surface area (TPSA) is 64.3 Å². The van der Waals surface area contributed by atoms with Crippen LogP contribution in [0.15, 0.2) is 84.0 Å². The van der Waals surface area contributed by atoms with Gasteiger partial charge < -0.3 is 14.6 Å². The third-order valence-corrected chi connectivity index (χ3v) is 5.66. The molecule has 6 nitrogen and oxygen atoms in total. The molecule has 3 aromatic rings. The van der Waals surface area contributed by atoms with Gasteiger partial charge in [0.1, 0.15) is 0 Å². The molecule has 0 saturated heterocycles. The lowest BCUT2D eigenvalue weighted by Crippen LogP contribution is -2.16. The van der Waals surface area contributed by atoms with Crippen LogP contribution in [0.25, 0.3) is 28.1 Å². The number of hydrogen-bond acceptors (Lipinski definition) is 5. The fourth-order valence-corrected chi connectivity index (χ4v) is 4.05. The highest BCUT2D eigenvalue weighted by Gasteiger charge is 2.17. The molecular formula is C27H24ClN5O. The molecule has 2 aliphatic rings. The zero-order valence-electron chi connectivity index (χ0n) is 19.2. The van der Waals surface area contributed by atoms with Gasteiger partial charge >= 0.3 is 0 Å². The minimum absolute atomic E-state index is 0.118. The largest absolute Gasteiger partial charge is 0.481 e. The molecule has 0 bridgehead atoms. The van der Waals surface area contributed by atoms with E-state index in [1.165, 1.54) is 0 Å². The normalized spacial score (nSPS) is 12.0. The Morgan fingerprint density at radius 2 is 1.79 bits per heavy atom. The first kappa shape index (κ1) is 21.9. The number of pyridine rings is 1. The molecule has 7 heteroatoms. The molecule has 0 fully saturated rings. The molecule has 34 heavy (non-hydrogen) atoms. The molecule has 0 radical (unpaired) electrons. The molecule has 0 saturated carbocycles. The van der Waals surface area contributed by atoms with E-state index in [0.717, 1.165) is 44.8 Å². The molecule has 1 N–H and O–H groups in total. The highest BCUT2D eigenvalue weighted by atomic mass is 35.5. The summed E-state index contributed by atoms with van der Waals surface area (Å²) in [7, 11) is 1.61. The molecule has 5 rings (SSSR count). The summed E-state index contributed by atoms with van der Waals surface area (Å²) in [6.07, 6.45) is 1.81. The molecule has 170 valence electrons. The monoisotopic (exact) mass is 469 g/mol. The molecule has 2 heterocycles. The lowest BCUT2D eigenvalue weighted by Gasteiger charge is -2.20. The molecule has 2 aromatic carbocycles. The summed E-state index contributed by atoms with van der Waals surface area (Å²) in [5.74, 6) is 0.567. The van der Waals surface area contributed by atoms with Crippen LogP contribution in [0.1, 0.15) is 13.8 Å². The number of nitrogens with zero attached hydrogens (tertiary/aromatic N) is 4. The molecule has 0 atom stereocenters. The fourth-order valence-electron chi connectivity index (χ4n) is 3.92. The number of nitrogens with one attached hydrogen (secondary N) is 1. The van der Waals surface area contributed by atoms with E-state index in [4.69, 9.17) is 26.3 Å². The van der Waals surface area contributed by atoms with Crippen LogP contribution < -0.4 is 15.4 Å². The Balaban J connectivity index is 1.79. The van der Waals surface area contributed by atoms with E-state index in [9.17, 15) is 0 Å². The van der Waals surface area contributed by atoms with Crippen LogP contribution in [-0.4, -0.2) is 27.7 Å². The molecule has 1 aliphatic heterocycles. The summed E-state index contributed by atoms with van der Waals surface area (Å²) in [6.45, 7) is 4.13. The Morgan fingerprint density at radius 1 is 1.00 bits per heavy atom. The number of methoxy groups -OCH3 is 1. The van der Waals surface area contributed by atoms with Crippen LogP contribution in [0.2, 0.25) is 5.02 Å². The second-order valence-electron chi connectivity index (χ2n) is 8.21. The molecule has 0 unspecified atom stereocenters. The smallest absolute Gasteiger partial charge is 0.213 e. The predicted octanol–water partition coefficient (Wildman–Crippen LogP) is 6.24.